The summed E-state index contributed by atoms with van der Waals surface area (Å²) in [7, 11) is 0. The number of para-hydroxylation sites is 1. The highest BCUT2D eigenvalue weighted by atomic mass is 16.5. The van der Waals surface area contributed by atoms with Crippen molar-refractivity contribution < 1.29 is 14.3 Å². The normalized spacial score (nSPS) is 19.9. The molecule has 0 radical (unpaired) electrons. The highest BCUT2D eigenvalue weighted by molar-refractivity contribution is 5.87. The van der Waals surface area contributed by atoms with Crippen molar-refractivity contribution in [2.75, 3.05) is 6.61 Å². The maximum atomic E-state index is 12.3. The molecule has 1 aromatic carbocycles. The summed E-state index contributed by atoms with van der Waals surface area (Å²) < 4.78 is 5.56. The van der Waals surface area contributed by atoms with Gasteiger partial charge >= 0.3 is 0 Å². The maximum Gasteiger partial charge on any atom is 0.243 e. The predicted octanol–water partition coefficient (Wildman–Crippen LogP) is 2.17. The Labute approximate surface area is 137 Å². The van der Waals surface area contributed by atoms with Crippen molar-refractivity contribution in [2.45, 2.75) is 38.8 Å². The van der Waals surface area contributed by atoms with Crippen molar-refractivity contribution in [3.63, 3.8) is 0 Å². The van der Waals surface area contributed by atoms with Gasteiger partial charge in [-0.1, -0.05) is 24.8 Å². The second-order valence-electron chi connectivity index (χ2n) is 5.68. The summed E-state index contributed by atoms with van der Waals surface area (Å²) in [5.41, 5.74) is 0.970. The number of nitrogens with one attached hydrogen (secondary N) is 2. The third-order valence-electron chi connectivity index (χ3n) is 4.06. The van der Waals surface area contributed by atoms with Crippen molar-refractivity contribution in [1.29, 1.82) is 0 Å². The van der Waals surface area contributed by atoms with Crippen LogP contribution in [0.2, 0.25) is 0 Å². The van der Waals surface area contributed by atoms with Crippen LogP contribution in [0.1, 0.15) is 31.7 Å². The van der Waals surface area contributed by atoms with E-state index in [9.17, 15) is 9.59 Å². The van der Waals surface area contributed by atoms with Crippen molar-refractivity contribution in [2.24, 2.45) is 5.92 Å². The fourth-order valence-corrected chi connectivity index (χ4v) is 2.88. The van der Waals surface area contributed by atoms with E-state index in [1.165, 1.54) is 6.08 Å². The van der Waals surface area contributed by atoms with Gasteiger partial charge in [-0.15, -0.1) is 0 Å². The molecule has 0 bridgehead atoms. The first-order chi connectivity index (χ1) is 11.1. The van der Waals surface area contributed by atoms with Crippen LogP contribution >= 0.6 is 0 Å². The summed E-state index contributed by atoms with van der Waals surface area (Å²) in [6.07, 6.45) is 3.56. The number of ether oxygens (including phenoxy) is 1. The first-order valence-corrected chi connectivity index (χ1v) is 8.05. The zero-order chi connectivity index (χ0) is 16.7. The second-order valence-corrected chi connectivity index (χ2v) is 5.68. The van der Waals surface area contributed by atoms with Crippen molar-refractivity contribution in [1.82, 2.24) is 10.6 Å². The summed E-state index contributed by atoms with van der Waals surface area (Å²) in [5, 5.41) is 5.83. The van der Waals surface area contributed by atoms with Crippen molar-refractivity contribution in [3.05, 3.63) is 42.5 Å². The fraction of sp³-hybridized carbons (Fsp3) is 0.444. The number of hydrogen-bond donors (Lipinski definition) is 2. The van der Waals surface area contributed by atoms with E-state index >= 15 is 0 Å². The minimum absolute atomic E-state index is 0.0339. The van der Waals surface area contributed by atoms with Crippen LogP contribution in [0.5, 0.6) is 5.75 Å². The molecule has 0 aromatic heterocycles. The lowest BCUT2D eigenvalue weighted by Gasteiger charge is -2.14. The summed E-state index contributed by atoms with van der Waals surface area (Å²) in [5.74, 6) is 0.607. The van der Waals surface area contributed by atoms with Crippen LogP contribution in [0.4, 0.5) is 0 Å². The first kappa shape index (κ1) is 17.1. The highest BCUT2D eigenvalue weighted by Gasteiger charge is 2.30. The van der Waals surface area contributed by atoms with Gasteiger partial charge < -0.3 is 15.4 Å². The minimum atomic E-state index is -0.179. The van der Waals surface area contributed by atoms with Crippen LogP contribution in [0.25, 0.3) is 0 Å². The SMILES string of the molecule is C=CC(=O)N[C@@H]1CC[C@@H](C(=O)NCc2ccccc2OCC)C1. The van der Waals surface area contributed by atoms with Gasteiger partial charge in [0.1, 0.15) is 5.75 Å². The molecule has 0 aliphatic heterocycles. The Balaban J connectivity index is 1.84. The van der Waals surface area contributed by atoms with Crippen LogP contribution in [-0.2, 0) is 16.1 Å². The molecule has 23 heavy (non-hydrogen) atoms. The van der Waals surface area contributed by atoms with Crippen molar-refractivity contribution >= 4 is 11.8 Å². The molecule has 2 N–H and O–H groups in total. The molecule has 1 saturated carbocycles. The van der Waals surface area contributed by atoms with E-state index < -0.39 is 0 Å². The minimum Gasteiger partial charge on any atom is -0.494 e. The molecule has 5 heteroatoms. The molecule has 5 nitrogen and oxygen atoms in total. The molecule has 1 aliphatic carbocycles. The van der Waals surface area contributed by atoms with Crippen LogP contribution < -0.4 is 15.4 Å². The molecule has 1 fully saturated rings. The average Bonchev–Trinajstić information content (AvgIpc) is 3.02. The van der Waals surface area contributed by atoms with Gasteiger partial charge in [0.15, 0.2) is 0 Å². The quantitative estimate of drug-likeness (QED) is 0.758. The highest BCUT2D eigenvalue weighted by Crippen LogP contribution is 2.26. The van der Waals surface area contributed by atoms with Gasteiger partial charge in [0.25, 0.3) is 0 Å². The molecule has 0 saturated heterocycles. The molecule has 1 aliphatic rings. The molecule has 1 aromatic rings. The molecule has 0 unspecified atom stereocenters. The lowest BCUT2D eigenvalue weighted by atomic mass is 10.1. The summed E-state index contributed by atoms with van der Waals surface area (Å²) in [6, 6.07) is 7.77. The summed E-state index contributed by atoms with van der Waals surface area (Å²) >= 11 is 0. The van der Waals surface area contributed by atoms with Crippen LogP contribution in [-0.4, -0.2) is 24.5 Å². The Kier molecular flexibility index (Phi) is 6.20. The molecular weight excluding hydrogens is 292 g/mol. The van der Waals surface area contributed by atoms with Gasteiger partial charge in [-0.25, -0.2) is 0 Å². The van der Waals surface area contributed by atoms with E-state index in [0.717, 1.165) is 24.2 Å². The number of benzene rings is 1. The van der Waals surface area contributed by atoms with E-state index in [-0.39, 0.29) is 23.8 Å². The Hall–Kier alpha value is -2.30. The smallest absolute Gasteiger partial charge is 0.243 e. The fourth-order valence-electron chi connectivity index (χ4n) is 2.88. The molecule has 0 heterocycles. The Morgan fingerprint density at radius 1 is 1.35 bits per heavy atom. The monoisotopic (exact) mass is 316 g/mol. The first-order valence-electron chi connectivity index (χ1n) is 8.05. The standard InChI is InChI=1S/C18H24N2O3/c1-3-17(21)20-15-10-9-13(11-15)18(22)19-12-14-7-5-6-8-16(14)23-4-2/h3,5-8,13,15H,1,4,9-12H2,2H3,(H,19,22)(H,20,21)/t13-,15-/m1/s1. The topological polar surface area (TPSA) is 67.4 Å². The van der Waals surface area contributed by atoms with E-state index in [1.54, 1.807) is 0 Å². The number of hydrogen-bond acceptors (Lipinski definition) is 3. The van der Waals surface area contributed by atoms with Gasteiger partial charge in [0.2, 0.25) is 11.8 Å². The Bertz CT molecular complexity index is 571. The zero-order valence-electron chi connectivity index (χ0n) is 13.5. The van der Waals surface area contributed by atoms with Crippen LogP contribution in [0.3, 0.4) is 0 Å². The molecule has 2 atom stereocenters. The largest absolute Gasteiger partial charge is 0.494 e. The van der Waals surface area contributed by atoms with E-state index in [0.29, 0.717) is 19.6 Å². The Morgan fingerprint density at radius 3 is 2.87 bits per heavy atom. The van der Waals surface area contributed by atoms with Gasteiger partial charge in [-0.3, -0.25) is 9.59 Å². The third-order valence-corrected chi connectivity index (χ3v) is 4.06. The summed E-state index contributed by atoms with van der Waals surface area (Å²) in [6.45, 7) is 6.43. The maximum absolute atomic E-state index is 12.3. The second kappa shape index (κ2) is 8.36. The van der Waals surface area contributed by atoms with Gasteiger partial charge in [-0.05, 0) is 38.3 Å². The van der Waals surface area contributed by atoms with Crippen LogP contribution in [0.15, 0.2) is 36.9 Å². The molecule has 124 valence electrons. The zero-order valence-corrected chi connectivity index (χ0v) is 13.5. The molecule has 0 spiro atoms. The number of rotatable bonds is 7. The molecule has 2 amide bonds. The molecule has 2 rings (SSSR count). The Morgan fingerprint density at radius 2 is 2.13 bits per heavy atom. The van der Waals surface area contributed by atoms with Gasteiger partial charge in [-0.2, -0.15) is 0 Å². The predicted molar refractivity (Wildman–Crippen MR) is 88.9 cm³/mol. The van der Waals surface area contributed by atoms with Gasteiger partial charge in [0.05, 0.1) is 6.61 Å². The van der Waals surface area contributed by atoms with E-state index in [2.05, 4.69) is 17.2 Å². The van der Waals surface area contributed by atoms with Crippen molar-refractivity contribution in [3.8, 4) is 5.75 Å². The van der Waals surface area contributed by atoms with Gasteiger partial charge in [0, 0.05) is 24.1 Å². The lowest BCUT2D eigenvalue weighted by molar-refractivity contribution is -0.125. The van der Waals surface area contributed by atoms with Crippen LogP contribution in [0, 0.1) is 5.92 Å². The number of carbonyl (C=O) groups excluding carboxylic acids is 2. The van der Waals surface area contributed by atoms with E-state index in [4.69, 9.17) is 4.74 Å². The number of amides is 2. The third kappa shape index (κ3) is 4.84. The molecular formula is C18H24N2O3. The lowest BCUT2D eigenvalue weighted by Crippen LogP contribution is -2.33. The number of carbonyl (C=O) groups is 2. The van der Waals surface area contributed by atoms with E-state index in [1.807, 2.05) is 31.2 Å². The average molecular weight is 316 g/mol. The summed E-state index contributed by atoms with van der Waals surface area (Å²) in [4.78, 5) is 23.6.